The molecule has 2 aliphatic heterocycles. The lowest BCUT2D eigenvalue weighted by Crippen LogP contribution is -2.59. The minimum atomic E-state index is -3.46. The molecular weight excluding hydrogens is 495 g/mol. The molecule has 1 fully saturated rings. The first-order valence-electron chi connectivity index (χ1n) is 10.1. The molecule has 1 saturated heterocycles. The summed E-state index contributed by atoms with van der Waals surface area (Å²) in [7, 11) is -3.46. The van der Waals surface area contributed by atoms with Crippen LogP contribution in [0, 0.1) is 5.82 Å². The van der Waals surface area contributed by atoms with Gasteiger partial charge in [-0.3, -0.25) is 4.79 Å². The van der Waals surface area contributed by atoms with E-state index in [-0.39, 0.29) is 23.1 Å². The summed E-state index contributed by atoms with van der Waals surface area (Å²) in [5.41, 5.74) is 0.237. The molecule has 2 aliphatic rings. The Morgan fingerprint density at radius 1 is 1.12 bits per heavy atom. The highest BCUT2D eigenvalue weighted by Gasteiger charge is 2.47. The van der Waals surface area contributed by atoms with Gasteiger partial charge in [0.2, 0.25) is 5.91 Å². The maximum absolute atomic E-state index is 15.2. The summed E-state index contributed by atoms with van der Waals surface area (Å²) in [6.07, 6.45) is 3.05. The number of benzene rings is 2. The van der Waals surface area contributed by atoms with E-state index in [9.17, 15) is 17.6 Å². The van der Waals surface area contributed by atoms with Gasteiger partial charge in [0.1, 0.15) is 11.4 Å². The zero-order valence-corrected chi connectivity index (χ0v) is 20.2. The van der Waals surface area contributed by atoms with E-state index in [1.54, 1.807) is 30.5 Å². The van der Waals surface area contributed by atoms with Crippen molar-refractivity contribution in [3.8, 4) is 0 Å². The SMILES string of the molecule is CC1(c2cc(Cl)c(F)c(Cl)c2)CC(c2ccc(C3(F)CN(C(=O)CS(C)(=O)=O)C3)cc2)=CO1. The maximum Gasteiger partial charge on any atom is 0.237 e. The molecule has 0 aliphatic carbocycles. The summed E-state index contributed by atoms with van der Waals surface area (Å²) in [6.45, 7) is 1.48. The minimum Gasteiger partial charge on any atom is -0.490 e. The molecule has 1 unspecified atom stereocenters. The fourth-order valence-corrected chi connectivity index (χ4v) is 5.18. The van der Waals surface area contributed by atoms with E-state index in [1.165, 1.54) is 17.0 Å². The number of halogens is 4. The molecule has 1 atom stereocenters. The van der Waals surface area contributed by atoms with Crippen LogP contribution in [0.5, 0.6) is 0 Å². The first-order chi connectivity index (χ1) is 15.3. The van der Waals surface area contributed by atoms with Gasteiger partial charge in [-0.15, -0.1) is 0 Å². The van der Waals surface area contributed by atoms with Gasteiger partial charge in [0.15, 0.2) is 21.3 Å². The van der Waals surface area contributed by atoms with E-state index in [0.29, 0.717) is 17.5 Å². The lowest BCUT2D eigenvalue weighted by molar-refractivity contribution is -0.143. The predicted molar refractivity (Wildman–Crippen MR) is 123 cm³/mol. The molecule has 0 radical (unpaired) electrons. The average Bonchev–Trinajstić information content (AvgIpc) is 3.11. The molecule has 176 valence electrons. The van der Waals surface area contributed by atoms with Gasteiger partial charge in [0, 0.05) is 12.7 Å². The summed E-state index contributed by atoms with van der Waals surface area (Å²) in [5.74, 6) is -1.91. The molecule has 2 aromatic carbocycles. The van der Waals surface area contributed by atoms with Gasteiger partial charge in [-0.2, -0.15) is 0 Å². The second kappa shape index (κ2) is 8.25. The lowest BCUT2D eigenvalue weighted by atomic mass is 9.85. The van der Waals surface area contributed by atoms with Crippen molar-refractivity contribution in [2.45, 2.75) is 24.6 Å². The Hall–Kier alpha value is -2.16. The molecule has 2 aromatic rings. The Morgan fingerprint density at radius 2 is 1.70 bits per heavy atom. The number of sulfone groups is 1. The molecule has 0 spiro atoms. The van der Waals surface area contributed by atoms with Crippen LogP contribution in [0.3, 0.4) is 0 Å². The number of alkyl halides is 1. The van der Waals surface area contributed by atoms with Gasteiger partial charge in [-0.05, 0) is 41.3 Å². The Balaban J connectivity index is 1.44. The molecular formula is C23H21Cl2F2NO4S. The third-order valence-electron chi connectivity index (χ3n) is 5.98. The van der Waals surface area contributed by atoms with Crippen molar-refractivity contribution >= 4 is 44.5 Å². The summed E-state index contributed by atoms with van der Waals surface area (Å²) in [5, 5.41) is -0.170. The van der Waals surface area contributed by atoms with Crippen LogP contribution in [0.15, 0.2) is 42.7 Å². The molecule has 5 nitrogen and oxygen atoms in total. The van der Waals surface area contributed by atoms with Crippen LogP contribution >= 0.6 is 23.2 Å². The molecule has 2 heterocycles. The zero-order valence-electron chi connectivity index (χ0n) is 17.9. The van der Waals surface area contributed by atoms with E-state index in [1.807, 2.05) is 6.92 Å². The Kier molecular flexibility index (Phi) is 6.00. The second-order valence-corrected chi connectivity index (χ2v) is 11.7. The van der Waals surface area contributed by atoms with E-state index in [4.69, 9.17) is 27.9 Å². The molecule has 10 heteroatoms. The standard InChI is InChI=1S/C23H21Cl2F2NO4S/c1-22(17-7-18(24)21(26)19(25)8-17)9-15(10-32-22)14-3-5-16(6-4-14)23(27)12-28(13-23)20(29)11-33(2,30)31/h3-8,10H,9,11-13H2,1-2H3. The molecule has 33 heavy (non-hydrogen) atoms. The van der Waals surface area contributed by atoms with E-state index >= 15 is 4.39 Å². The van der Waals surface area contributed by atoms with Crippen LogP contribution in [0.1, 0.15) is 30.0 Å². The van der Waals surface area contributed by atoms with Gasteiger partial charge in [-0.1, -0.05) is 47.5 Å². The number of carbonyl (C=O) groups excluding carboxylic acids is 1. The van der Waals surface area contributed by atoms with Crippen LogP contribution in [0.2, 0.25) is 10.0 Å². The summed E-state index contributed by atoms with van der Waals surface area (Å²) in [4.78, 5) is 13.1. The van der Waals surface area contributed by atoms with Crippen LogP contribution < -0.4 is 0 Å². The van der Waals surface area contributed by atoms with Crippen molar-refractivity contribution in [2.75, 3.05) is 25.1 Å². The van der Waals surface area contributed by atoms with Crippen molar-refractivity contribution in [2.24, 2.45) is 0 Å². The van der Waals surface area contributed by atoms with Crippen LogP contribution in [-0.4, -0.2) is 44.3 Å². The molecule has 0 saturated carbocycles. The lowest BCUT2D eigenvalue weighted by Gasteiger charge is -2.44. The first kappa shape index (κ1) is 24.0. The highest BCUT2D eigenvalue weighted by Crippen LogP contribution is 2.44. The fourth-order valence-electron chi connectivity index (χ4n) is 4.07. The summed E-state index contributed by atoms with van der Waals surface area (Å²) < 4.78 is 57.4. The molecule has 4 rings (SSSR count). The van der Waals surface area contributed by atoms with Gasteiger partial charge in [-0.25, -0.2) is 17.2 Å². The van der Waals surface area contributed by atoms with Crippen LogP contribution in [-0.2, 0) is 30.6 Å². The largest absolute Gasteiger partial charge is 0.490 e. The molecule has 1 amide bonds. The number of nitrogens with zero attached hydrogens (tertiary/aromatic N) is 1. The minimum absolute atomic E-state index is 0.0852. The topological polar surface area (TPSA) is 63.7 Å². The van der Waals surface area contributed by atoms with Crippen LogP contribution in [0.25, 0.3) is 5.57 Å². The first-order valence-corrected chi connectivity index (χ1v) is 12.9. The maximum atomic E-state index is 15.2. The molecule has 0 bridgehead atoms. The number of amides is 1. The monoisotopic (exact) mass is 515 g/mol. The van der Waals surface area contributed by atoms with Gasteiger partial charge in [0.25, 0.3) is 0 Å². The molecule has 0 N–H and O–H groups in total. The highest BCUT2D eigenvalue weighted by atomic mass is 35.5. The Labute approximate surface area is 200 Å². The van der Waals surface area contributed by atoms with E-state index < -0.39 is 38.6 Å². The van der Waals surface area contributed by atoms with Gasteiger partial charge < -0.3 is 9.64 Å². The third-order valence-corrected chi connectivity index (χ3v) is 7.30. The quantitative estimate of drug-likeness (QED) is 0.533. The zero-order chi connectivity index (χ0) is 24.2. The van der Waals surface area contributed by atoms with E-state index in [2.05, 4.69) is 0 Å². The number of carbonyl (C=O) groups is 1. The van der Waals surface area contributed by atoms with Crippen molar-refractivity contribution in [1.29, 1.82) is 0 Å². The average molecular weight is 516 g/mol. The van der Waals surface area contributed by atoms with E-state index in [0.717, 1.165) is 17.4 Å². The van der Waals surface area contributed by atoms with Gasteiger partial charge in [0.05, 0.1) is 29.4 Å². The third kappa shape index (κ3) is 4.74. The Morgan fingerprint density at radius 3 is 2.24 bits per heavy atom. The number of rotatable bonds is 5. The van der Waals surface area contributed by atoms with Crippen LogP contribution in [0.4, 0.5) is 8.78 Å². The van der Waals surface area contributed by atoms with Crippen molar-refractivity contribution in [3.05, 3.63) is 75.2 Å². The predicted octanol–water partition coefficient (Wildman–Crippen LogP) is 4.86. The number of ether oxygens (including phenoxy) is 1. The summed E-state index contributed by atoms with van der Waals surface area (Å²) >= 11 is 11.9. The van der Waals surface area contributed by atoms with Crippen molar-refractivity contribution in [3.63, 3.8) is 0 Å². The smallest absolute Gasteiger partial charge is 0.237 e. The fraction of sp³-hybridized carbons (Fsp3) is 0.348. The normalized spacial score (nSPS) is 21.9. The van der Waals surface area contributed by atoms with Gasteiger partial charge >= 0.3 is 0 Å². The Bertz CT molecular complexity index is 1230. The van der Waals surface area contributed by atoms with Crippen molar-refractivity contribution in [1.82, 2.24) is 4.90 Å². The second-order valence-electron chi connectivity index (χ2n) is 8.78. The molecule has 0 aromatic heterocycles. The van der Waals surface area contributed by atoms with Crippen molar-refractivity contribution < 1.29 is 26.7 Å². The number of hydrogen-bond acceptors (Lipinski definition) is 4. The highest BCUT2D eigenvalue weighted by molar-refractivity contribution is 7.91. The number of hydrogen-bond donors (Lipinski definition) is 0. The summed E-state index contributed by atoms with van der Waals surface area (Å²) in [6, 6.07) is 9.81. The number of likely N-dealkylation sites (tertiary alicyclic amines) is 1.